The topological polar surface area (TPSA) is 157 Å². The molecule has 2 unspecified atom stereocenters. The summed E-state index contributed by atoms with van der Waals surface area (Å²) in [5.74, 6) is -2.14. The van der Waals surface area contributed by atoms with Crippen molar-refractivity contribution in [3.63, 3.8) is 0 Å². The molecule has 11 heteroatoms. The van der Waals surface area contributed by atoms with E-state index in [2.05, 4.69) is 24.1 Å². The Hall–Kier alpha value is -3.89. The molecule has 0 saturated heterocycles. The number of carbonyl (C=O) groups is 5. The van der Waals surface area contributed by atoms with E-state index >= 15 is 0 Å². The Morgan fingerprint density at radius 3 is 2.32 bits per heavy atom. The van der Waals surface area contributed by atoms with E-state index in [0.717, 1.165) is 37.7 Å². The van der Waals surface area contributed by atoms with E-state index < -0.39 is 47.5 Å². The highest BCUT2D eigenvalue weighted by Crippen LogP contribution is 2.26. The minimum absolute atomic E-state index is 0.00955. The van der Waals surface area contributed by atoms with Gasteiger partial charge in [-0.3, -0.25) is 19.2 Å². The number of ether oxygens (including phenoxy) is 2. The van der Waals surface area contributed by atoms with Gasteiger partial charge in [-0.1, -0.05) is 69.9 Å². The first kappa shape index (κ1) is 38.1. The van der Waals surface area contributed by atoms with E-state index in [-0.39, 0.29) is 39.0 Å². The van der Waals surface area contributed by atoms with Gasteiger partial charge in [0, 0.05) is 19.5 Å². The van der Waals surface area contributed by atoms with Crippen LogP contribution in [0.25, 0.3) is 6.08 Å². The van der Waals surface area contributed by atoms with Crippen molar-refractivity contribution in [2.75, 3.05) is 19.7 Å². The molecule has 11 nitrogen and oxygen atoms in total. The maximum absolute atomic E-state index is 14.3. The Labute approximate surface area is 262 Å². The minimum Gasteiger partial charge on any atom is -0.466 e. The van der Waals surface area contributed by atoms with Gasteiger partial charge in [-0.15, -0.1) is 0 Å². The third-order valence-corrected chi connectivity index (χ3v) is 6.66. The summed E-state index contributed by atoms with van der Waals surface area (Å²) in [6.45, 7) is 13.2. The molecule has 4 N–H and O–H groups in total. The first-order chi connectivity index (χ1) is 20.8. The number of hydrogen-bond donors (Lipinski definition) is 3. The van der Waals surface area contributed by atoms with Crippen molar-refractivity contribution in [2.24, 2.45) is 5.73 Å². The summed E-state index contributed by atoms with van der Waals surface area (Å²) in [4.78, 5) is 65.9. The molecule has 0 heterocycles. The molecule has 2 atom stereocenters. The highest BCUT2D eigenvalue weighted by molar-refractivity contribution is 5.92. The SMILES string of the molecule is C=Cc1cccc(C(C(=O)NCCC(=O)OCC)N(CCCCCCCC)C(=O)C(CCC(N)=O)NC(=O)OC(C)(C)C)c1. The van der Waals surface area contributed by atoms with Crippen LogP contribution in [0.5, 0.6) is 0 Å². The number of nitrogens with two attached hydrogens (primary N) is 1. The molecule has 4 amide bonds. The van der Waals surface area contributed by atoms with Gasteiger partial charge in [-0.05, 0) is 57.7 Å². The molecule has 0 saturated carbocycles. The standard InChI is InChI=1S/C33H52N4O7/c1-7-10-11-12-13-14-22-37(31(41)26(18-19-27(34)38)36-32(42)44-33(4,5)6)29(25-17-15-16-24(8-2)23-25)30(40)35-21-20-28(39)43-9-3/h8,15-17,23,26,29H,2,7,9-14,18-22H2,1,3-6H3,(H2,34,38)(H,35,40)(H,36,42). The van der Waals surface area contributed by atoms with E-state index in [1.165, 1.54) is 4.90 Å². The van der Waals surface area contributed by atoms with Crippen molar-refractivity contribution in [1.29, 1.82) is 0 Å². The summed E-state index contributed by atoms with van der Waals surface area (Å²) < 4.78 is 10.4. The maximum atomic E-state index is 14.3. The van der Waals surface area contributed by atoms with Gasteiger partial charge in [-0.2, -0.15) is 0 Å². The third kappa shape index (κ3) is 15.0. The fraction of sp³-hybridized carbons (Fsp3) is 0.606. The van der Waals surface area contributed by atoms with Gasteiger partial charge in [0.1, 0.15) is 17.7 Å². The molecule has 0 bridgehead atoms. The van der Waals surface area contributed by atoms with Crippen molar-refractivity contribution in [2.45, 2.75) is 110 Å². The zero-order valence-electron chi connectivity index (χ0n) is 27.1. The van der Waals surface area contributed by atoms with Crippen LogP contribution in [0.3, 0.4) is 0 Å². The van der Waals surface area contributed by atoms with Gasteiger partial charge in [0.2, 0.25) is 17.7 Å². The normalized spacial score (nSPS) is 12.4. The number of alkyl carbamates (subject to hydrolysis) is 1. The van der Waals surface area contributed by atoms with Gasteiger partial charge < -0.3 is 30.7 Å². The summed E-state index contributed by atoms with van der Waals surface area (Å²) in [5.41, 5.74) is 5.85. The molecule has 1 rings (SSSR count). The molecule has 246 valence electrons. The number of rotatable bonds is 20. The zero-order chi connectivity index (χ0) is 33.1. The molecule has 0 aliphatic rings. The number of nitrogens with one attached hydrogen (secondary N) is 2. The predicted octanol–water partition coefficient (Wildman–Crippen LogP) is 4.79. The van der Waals surface area contributed by atoms with Crippen molar-refractivity contribution in [1.82, 2.24) is 15.5 Å². The Morgan fingerprint density at radius 1 is 1.02 bits per heavy atom. The molecular formula is C33H52N4O7. The quantitative estimate of drug-likeness (QED) is 0.140. The summed E-state index contributed by atoms with van der Waals surface area (Å²) in [6.07, 6.45) is 6.20. The van der Waals surface area contributed by atoms with Gasteiger partial charge in [0.25, 0.3) is 0 Å². The lowest BCUT2D eigenvalue weighted by Crippen LogP contribution is -2.53. The van der Waals surface area contributed by atoms with Crippen LogP contribution in [0.1, 0.15) is 110 Å². The Morgan fingerprint density at radius 2 is 1.70 bits per heavy atom. The second-order valence-electron chi connectivity index (χ2n) is 11.6. The van der Waals surface area contributed by atoms with Gasteiger partial charge in [0.05, 0.1) is 13.0 Å². The summed E-state index contributed by atoms with van der Waals surface area (Å²) >= 11 is 0. The van der Waals surface area contributed by atoms with Crippen LogP contribution >= 0.6 is 0 Å². The van der Waals surface area contributed by atoms with E-state index in [4.69, 9.17) is 15.2 Å². The number of nitrogens with zero attached hydrogens (tertiary/aromatic N) is 1. The minimum atomic E-state index is -1.19. The lowest BCUT2D eigenvalue weighted by Gasteiger charge is -2.34. The largest absolute Gasteiger partial charge is 0.466 e. The lowest BCUT2D eigenvalue weighted by molar-refractivity contribution is -0.144. The van der Waals surface area contributed by atoms with Crippen molar-refractivity contribution in [3.05, 3.63) is 42.0 Å². The second-order valence-corrected chi connectivity index (χ2v) is 11.6. The average Bonchev–Trinajstić information content (AvgIpc) is 2.95. The lowest BCUT2D eigenvalue weighted by atomic mass is 9.99. The van der Waals surface area contributed by atoms with Gasteiger partial charge in [-0.25, -0.2) is 4.79 Å². The van der Waals surface area contributed by atoms with Crippen LogP contribution < -0.4 is 16.4 Å². The molecular weight excluding hydrogens is 564 g/mol. The molecule has 44 heavy (non-hydrogen) atoms. The molecule has 0 aliphatic carbocycles. The predicted molar refractivity (Wildman–Crippen MR) is 170 cm³/mol. The van der Waals surface area contributed by atoms with E-state index in [1.807, 2.05) is 6.07 Å². The van der Waals surface area contributed by atoms with Crippen molar-refractivity contribution in [3.8, 4) is 0 Å². The van der Waals surface area contributed by atoms with Crippen LogP contribution in [-0.2, 0) is 28.7 Å². The van der Waals surface area contributed by atoms with E-state index in [0.29, 0.717) is 12.0 Å². The highest BCUT2D eigenvalue weighted by atomic mass is 16.6. The number of amides is 4. The molecule has 0 aliphatic heterocycles. The maximum Gasteiger partial charge on any atom is 0.408 e. The summed E-state index contributed by atoms with van der Waals surface area (Å²) in [6, 6.07) is 4.81. The number of esters is 1. The van der Waals surface area contributed by atoms with Gasteiger partial charge in [0.15, 0.2) is 0 Å². The van der Waals surface area contributed by atoms with E-state index in [9.17, 15) is 24.0 Å². The van der Waals surface area contributed by atoms with Crippen molar-refractivity contribution >= 4 is 35.9 Å². The smallest absolute Gasteiger partial charge is 0.408 e. The molecule has 0 spiro atoms. The second kappa shape index (κ2) is 20.1. The third-order valence-electron chi connectivity index (χ3n) is 6.66. The van der Waals surface area contributed by atoms with Crippen LogP contribution in [0.4, 0.5) is 4.79 Å². The fourth-order valence-corrected chi connectivity index (χ4v) is 4.57. The highest BCUT2D eigenvalue weighted by Gasteiger charge is 2.36. The van der Waals surface area contributed by atoms with Gasteiger partial charge >= 0.3 is 12.1 Å². The Bertz CT molecular complexity index is 1100. The number of unbranched alkanes of at least 4 members (excludes halogenated alkanes) is 5. The van der Waals surface area contributed by atoms with Crippen LogP contribution in [0, 0.1) is 0 Å². The summed E-state index contributed by atoms with van der Waals surface area (Å²) in [5, 5.41) is 5.38. The Kier molecular flexibility index (Phi) is 17.5. The van der Waals surface area contributed by atoms with Crippen LogP contribution in [0.2, 0.25) is 0 Å². The Balaban J connectivity index is 3.51. The molecule has 0 aromatic heterocycles. The molecule has 1 aromatic rings. The monoisotopic (exact) mass is 616 g/mol. The number of benzene rings is 1. The fourth-order valence-electron chi connectivity index (χ4n) is 4.57. The summed E-state index contributed by atoms with van der Waals surface area (Å²) in [7, 11) is 0. The molecule has 0 radical (unpaired) electrons. The average molecular weight is 617 g/mol. The number of carbonyl (C=O) groups excluding carboxylic acids is 5. The van der Waals surface area contributed by atoms with Crippen LogP contribution in [-0.4, -0.2) is 66.0 Å². The first-order valence-corrected chi connectivity index (χ1v) is 15.6. The molecule has 0 fully saturated rings. The first-order valence-electron chi connectivity index (χ1n) is 15.6. The number of hydrogen-bond acceptors (Lipinski definition) is 7. The number of primary amides is 1. The van der Waals surface area contributed by atoms with Crippen molar-refractivity contribution < 1.29 is 33.4 Å². The van der Waals surface area contributed by atoms with Crippen LogP contribution in [0.15, 0.2) is 30.8 Å². The molecule has 1 aromatic carbocycles. The zero-order valence-corrected chi connectivity index (χ0v) is 27.1. The van der Waals surface area contributed by atoms with E-state index in [1.54, 1.807) is 52.0 Å².